The molecule has 0 spiro atoms. The van der Waals surface area contributed by atoms with E-state index >= 15 is 0 Å². The number of nitrogens with one attached hydrogen (secondary N) is 1. The number of rotatable bonds is 7. The molecule has 1 amide bonds. The minimum Gasteiger partial charge on any atom is -0.491 e. The van der Waals surface area contributed by atoms with Gasteiger partial charge in [-0.05, 0) is 42.2 Å². The number of hydrogen-bond donors (Lipinski definition) is 2. The van der Waals surface area contributed by atoms with Crippen LogP contribution in [-0.2, 0) is 17.6 Å². The third kappa shape index (κ3) is 4.73. The maximum Gasteiger partial charge on any atom is 0.224 e. The Morgan fingerprint density at radius 3 is 2.60 bits per heavy atom. The summed E-state index contributed by atoms with van der Waals surface area (Å²) in [6.45, 7) is 2.37. The average molecular weight is 341 g/mol. The topological polar surface area (TPSA) is 67.8 Å². The molecule has 0 saturated heterocycles. The van der Waals surface area contributed by atoms with Gasteiger partial charge in [0.25, 0.3) is 0 Å². The number of hydrogen-bond acceptors (Lipinski definition) is 4. The molecule has 5 heteroatoms. The first-order valence-electron chi connectivity index (χ1n) is 8.59. The number of carbonyl (C=O) groups is 1. The molecule has 0 radical (unpaired) electrons. The SMILES string of the molecule is CCc1cccc(OCC(O)COc2ccc3c(c2)NC(=O)CC3)c1. The number of carbonyl (C=O) groups excluding carboxylic acids is 1. The molecule has 0 fully saturated rings. The summed E-state index contributed by atoms with van der Waals surface area (Å²) in [5, 5.41) is 12.9. The van der Waals surface area contributed by atoms with Crippen molar-refractivity contribution in [3.8, 4) is 11.5 Å². The van der Waals surface area contributed by atoms with Crippen molar-refractivity contribution in [2.24, 2.45) is 0 Å². The van der Waals surface area contributed by atoms with E-state index in [1.54, 1.807) is 6.07 Å². The van der Waals surface area contributed by atoms with Crippen molar-refractivity contribution in [1.82, 2.24) is 0 Å². The Hall–Kier alpha value is -2.53. The minimum absolute atomic E-state index is 0.0207. The highest BCUT2D eigenvalue weighted by atomic mass is 16.5. The summed E-state index contributed by atoms with van der Waals surface area (Å²) in [7, 11) is 0. The van der Waals surface area contributed by atoms with E-state index in [0.717, 1.165) is 29.8 Å². The van der Waals surface area contributed by atoms with Gasteiger partial charge in [0.2, 0.25) is 5.91 Å². The number of benzene rings is 2. The van der Waals surface area contributed by atoms with Crippen molar-refractivity contribution >= 4 is 11.6 Å². The zero-order chi connectivity index (χ0) is 17.6. The van der Waals surface area contributed by atoms with Crippen molar-refractivity contribution < 1.29 is 19.4 Å². The van der Waals surface area contributed by atoms with Gasteiger partial charge in [-0.1, -0.05) is 25.1 Å². The first kappa shape index (κ1) is 17.3. The monoisotopic (exact) mass is 341 g/mol. The van der Waals surface area contributed by atoms with Gasteiger partial charge in [-0.3, -0.25) is 4.79 Å². The summed E-state index contributed by atoms with van der Waals surface area (Å²) in [6.07, 6.45) is 1.46. The molecule has 1 unspecified atom stereocenters. The van der Waals surface area contributed by atoms with Crippen LogP contribution in [0.5, 0.6) is 11.5 Å². The lowest BCUT2D eigenvalue weighted by molar-refractivity contribution is -0.116. The van der Waals surface area contributed by atoms with E-state index in [4.69, 9.17) is 9.47 Å². The average Bonchev–Trinajstić information content (AvgIpc) is 2.64. The summed E-state index contributed by atoms with van der Waals surface area (Å²) in [5.41, 5.74) is 3.09. The number of amides is 1. The lowest BCUT2D eigenvalue weighted by Gasteiger charge is -2.18. The second-order valence-electron chi connectivity index (χ2n) is 6.14. The fourth-order valence-corrected chi connectivity index (χ4v) is 2.73. The van der Waals surface area contributed by atoms with Crippen LogP contribution in [0.1, 0.15) is 24.5 Å². The first-order chi connectivity index (χ1) is 12.1. The molecule has 3 rings (SSSR count). The number of aliphatic hydroxyl groups is 1. The van der Waals surface area contributed by atoms with Crippen molar-refractivity contribution in [2.45, 2.75) is 32.3 Å². The lowest BCUT2D eigenvalue weighted by atomic mass is 10.0. The smallest absolute Gasteiger partial charge is 0.224 e. The van der Waals surface area contributed by atoms with Crippen LogP contribution in [0.15, 0.2) is 42.5 Å². The van der Waals surface area contributed by atoms with Gasteiger partial charge in [0, 0.05) is 18.2 Å². The zero-order valence-electron chi connectivity index (χ0n) is 14.3. The molecule has 25 heavy (non-hydrogen) atoms. The van der Waals surface area contributed by atoms with Crippen LogP contribution < -0.4 is 14.8 Å². The Bertz CT molecular complexity index is 744. The molecular formula is C20H23NO4. The number of aryl methyl sites for hydroxylation is 2. The summed E-state index contributed by atoms with van der Waals surface area (Å²) in [6, 6.07) is 13.4. The van der Waals surface area contributed by atoms with Gasteiger partial charge < -0.3 is 19.9 Å². The maximum atomic E-state index is 11.5. The molecule has 1 aliphatic heterocycles. The molecular weight excluding hydrogens is 318 g/mol. The van der Waals surface area contributed by atoms with Gasteiger partial charge in [-0.2, -0.15) is 0 Å². The van der Waals surface area contributed by atoms with Gasteiger partial charge in [0.1, 0.15) is 30.8 Å². The third-order valence-electron chi connectivity index (χ3n) is 4.17. The summed E-state index contributed by atoms with van der Waals surface area (Å²) >= 11 is 0. The van der Waals surface area contributed by atoms with Crippen molar-refractivity contribution in [1.29, 1.82) is 0 Å². The second kappa shape index (κ2) is 8.03. The van der Waals surface area contributed by atoms with Crippen molar-refractivity contribution in [3.05, 3.63) is 53.6 Å². The molecule has 1 atom stereocenters. The molecule has 0 saturated carbocycles. The molecule has 5 nitrogen and oxygen atoms in total. The Labute approximate surface area is 147 Å². The highest BCUT2D eigenvalue weighted by Crippen LogP contribution is 2.27. The molecule has 0 bridgehead atoms. The maximum absolute atomic E-state index is 11.5. The fraction of sp³-hybridized carbons (Fsp3) is 0.350. The van der Waals surface area contributed by atoms with Crippen LogP contribution in [0.4, 0.5) is 5.69 Å². The zero-order valence-corrected chi connectivity index (χ0v) is 14.3. The number of anilines is 1. The second-order valence-corrected chi connectivity index (χ2v) is 6.14. The summed E-state index contributed by atoms with van der Waals surface area (Å²) < 4.78 is 11.2. The molecule has 2 N–H and O–H groups in total. The molecule has 0 aromatic heterocycles. The van der Waals surface area contributed by atoms with Gasteiger partial charge >= 0.3 is 0 Å². The normalized spacial score (nSPS) is 14.4. The van der Waals surface area contributed by atoms with Gasteiger partial charge in [0.05, 0.1) is 0 Å². The van der Waals surface area contributed by atoms with Crippen LogP contribution in [-0.4, -0.2) is 30.3 Å². The van der Waals surface area contributed by atoms with Crippen LogP contribution in [0.25, 0.3) is 0 Å². The number of aliphatic hydroxyl groups excluding tert-OH is 1. The summed E-state index contributed by atoms with van der Waals surface area (Å²) in [5.74, 6) is 1.38. The number of fused-ring (bicyclic) bond motifs is 1. The molecule has 2 aromatic rings. The van der Waals surface area contributed by atoms with E-state index in [0.29, 0.717) is 12.2 Å². The highest BCUT2D eigenvalue weighted by molar-refractivity contribution is 5.94. The predicted octanol–water partition coefficient (Wildman–Crippen LogP) is 2.95. The Morgan fingerprint density at radius 1 is 1.08 bits per heavy atom. The molecule has 0 aliphatic carbocycles. The van der Waals surface area contributed by atoms with E-state index in [1.807, 2.05) is 36.4 Å². The van der Waals surface area contributed by atoms with Gasteiger partial charge in [-0.25, -0.2) is 0 Å². The van der Waals surface area contributed by atoms with Crippen molar-refractivity contribution in [2.75, 3.05) is 18.5 Å². The molecule has 1 aliphatic rings. The van der Waals surface area contributed by atoms with Crippen LogP contribution in [0, 0.1) is 0 Å². The van der Waals surface area contributed by atoms with E-state index < -0.39 is 6.10 Å². The Balaban J connectivity index is 1.49. The first-order valence-corrected chi connectivity index (χ1v) is 8.59. The van der Waals surface area contributed by atoms with Crippen LogP contribution >= 0.6 is 0 Å². The number of ether oxygens (including phenoxy) is 2. The Morgan fingerprint density at radius 2 is 1.84 bits per heavy atom. The van der Waals surface area contributed by atoms with E-state index in [9.17, 15) is 9.90 Å². The van der Waals surface area contributed by atoms with E-state index in [1.165, 1.54) is 5.56 Å². The lowest BCUT2D eigenvalue weighted by Crippen LogP contribution is -2.25. The largest absolute Gasteiger partial charge is 0.491 e. The van der Waals surface area contributed by atoms with E-state index in [2.05, 4.69) is 12.2 Å². The fourth-order valence-electron chi connectivity index (χ4n) is 2.73. The van der Waals surface area contributed by atoms with Crippen LogP contribution in [0.2, 0.25) is 0 Å². The molecule has 2 aromatic carbocycles. The van der Waals surface area contributed by atoms with Gasteiger partial charge in [0.15, 0.2) is 0 Å². The molecule has 132 valence electrons. The summed E-state index contributed by atoms with van der Waals surface area (Å²) in [4.78, 5) is 11.5. The van der Waals surface area contributed by atoms with E-state index in [-0.39, 0.29) is 19.1 Å². The van der Waals surface area contributed by atoms with Crippen LogP contribution in [0.3, 0.4) is 0 Å². The standard InChI is InChI=1S/C20H23NO4/c1-2-14-4-3-5-17(10-14)24-12-16(22)13-25-18-8-6-15-7-9-20(23)21-19(15)11-18/h3-6,8,10-11,16,22H,2,7,9,12-13H2,1H3,(H,21,23). The molecule has 1 heterocycles. The highest BCUT2D eigenvalue weighted by Gasteiger charge is 2.15. The Kier molecular flexibility index (Phi) is 5.56. The quantitative estimate of drug-likeness (QED) is 0.812. The predicted molar refractivity (Wildman–Crippen MR) is 96.2 cm³/mol. The van der Waals surface area contributed by atoms with Crippen molar-refractivity contribution in [3.63, 3.8) is 0 Å². The minimum atomic E-state index is -0.740. The third-order valence-corrected chi connectivity index (χ3v) is 4.17. The van der Waals surface area contributed by atoms with Gasteiger partial charge in [-0.15, -0.1) is 0 Å².